The summed E-state index contributed by atoms with van der Waals surface area (Å²) in [4.78, 5) is 23.9. The first-order valence-corrected chi connectivity index (χ1v) is 8.47. The third kappa shape index (κ3) is 4.89. The van der Waals surface area contributed by atoms with E-state index < -0.39 is 0 Å². The molecule has 2 atom stereocenters. The van der Waals surface area contributed by atoms with Gasteiger partial charge in [-0.15, -0.1) is 0 Å². The largest absolute Gasteiger partial charge is 0.354 e. The Hall–Kier alpha value is -2.69. The molecule has 0 unspecified atom stereocenters. The van der Waals surface area contributed by atoms with Gasteiger partial charge in [-0.25, -0.2) is 4.39 Å². The monoisotopic (exact) mass is 340 g/mol. The van der Waals surface area contributed by atoms with Crippen molar-refractivity contribution < 1.29 is 14.0 Å². The van der Waals surface area contributed by atoms with Crippen molar-refractivity contribution in [3.63, 3.8) is 0 Å². The Balaban J connectivity index is 1.35. The second-order valence-corrected chi connectivity index (χ2v) is 6.30. The highest BCUT2D eigenvalue weighted by Gasteiger charge is 2.43. The molecule has 3 rings (SSSR count). The van der Waals surface area contributed by atoms with Crippen molar-refractivity contribution >= 4 is 11.8 Å². The van der Waals surface area contributed by atoms with Gasteiger partial charge in [0.1, 0.15) is 5.82 Å². The van der Waals surface area contributed by atoms with Crippen LogP contribution in [0.4, 0.5) is 4.39 Å². The van der Waals surface area contributed by atoms with Crippen molar-refractivity contribution in [3.8, 4) is 0 Å². The van der Waals surface area contributed by atoms with Gasteiger partial charge in [-0.3, -0.25) is 9.59 Å². The molecule has 0 aromatic heterocycles. The van der Waals surface area contributed by atoms with Crippen molar-refractivity contribution in [3.05, 3.63) is 71.5 Å². The van der Waals surface area contributed by atoms with Crippen LogP contribution in [-0.2, 0) is 16.0 Å². The number of benzene rings is 2. The van der Waals surface area contributed by atoms with E-state index in [9.17, 15) is 14.0 Å². The second-order valence-electron chi connectivity index (χ2n) is 6.30. The average Bonchev–Trinajstić information content (AvgIpc) is 3.42. The highest BCUT2D eigenvalue weighted by molar-refractivity contribution is 5.87. The van der Waals surface area contributed by atoms with Gasteiger partial charge in [-0.2, -0.15) is 0 Å². The molecule has 0 aliphatic heterocycles. The van der Waals surface area contributed by atoms with Gasteiger partial charge >= 0.3 is 0 Å². The lowest BCUT2D eigenvalue weighted by molar-refractivity contribution is -0.126. The van der Waals surface area contributed by atoms with Crippen LogP contribution in [0.15, 0.2) is 54.6 Å². The van der Waals surface area contributed by atoms with Gasteiger partial charge in [-0.1, -0.05) is 42.5 Å². The van der Waals surface area contributed by atoms with Crippen molar-refractivity contribution in [2.24, 2.45) is 5.92 Å². The van der Waals surface area contributed by atoms with Crippen LogP contribution in [0.3, 0.4) is 0 Å². The molecule has 1 saturated carbocycles. The summed E-state index contributed by atoms with van der Waals surface area (Å²) in [6, 6.07) is 16.1. The molecule has 1 aliphatic rings. The van der Waals surface area contributed by atoms with Crippen LogP contribution in [0.5, 0.6) is 0 Å². The van der Waals surface area contributed by atoms with E-state index in [0.29, 0.717) is 6.54 Å². The summed E-state index contributed by atoms with van der Waals surface area (Å²) in [5.41, 5.74) is 2.13. The zero-order valence-corrected chi connectivity index (χ0v) is 13.9. The Kier molecular flexibility index (Phi) is 5.43. The van der Waals surface area contributed by atoms with E-state index in [1.165, 1.54) is 12.1 Å². The lowest BCUT2D eigenvalue weighted by Crippen LogP contribution is -2.38. The Bertz CT molecular complexity index is 731. The Labute approximate surface area is 146 Å². The van der Waals surface area contributed by atoms with E-state index in [-0.39, 0.29) is 36.0 Å². The molecule has 1 aliphatic carbocycles. The quantitative estimate of drug-likeness (QED) is 0.813. The molecule has 0 saturated heterocycles. The van der Waals surface area contributed by atoms with E-state index in [4.69, 9.17) is 0 Å². The minimum atomic E-state index is -0.280. The van der Waals surface area contributed by atoms with Crippen LogP contribution >= 0.6 is 0 Å². The molecule has 0 heterocycles. The predicted molar refractivity (Wildman–Crippen MR) is 93.4 cm³/mol. The lowest BCUT2D eigenvalue weighted by atomic mass is 10.1. The normalized spacial score (nSPS) is 18.4. The smallest absolute Gasteiger partial charge is 0.239 e. The minimum absolute atomic E-state index is 0.0136. The Morgan fingerprint density at radius 3 is 2.44 bits per heavy atom. The van der Waals surface area contributed by atoms with Gasteiger partial charge in [0.05, 0.1) is 6.54 Å². The van der Waals surface area contributed by atoms with Gasteiger partial charge in [0.25, 0.3) is 0 Å². The van der Waals surface area contributed by atoms with E-state index in [1.54, 1.807) is 12.1 Å². The number of halogens is 1. The van der Waals surface area contributed by atoms with Crippen LogP contribution in [0, 0.1) is 11.7 Å². The van der Waals surface area contributed by atoms with Gasteiger partial charge in [0.15, 0.2) is 0 Å². The highest BCUT2D eigenvalue weighted by Crippen LogP contribution is 2.47. The number of amides is 2. The fourth-order valence-electron chi connectivity index (χ4n) is 2.92. The first-order valence-electron chi connectivity index (χ1n) is 8.47. The zero-order valence-electron chi connectivity index (χ0n) is 13.9. The predicted octanol–water partition coefficient (Wildman–Crippen LogP) is 2.40. The molecule has 0 radical (unpaired) electrons. The van der Waals surface area contributed by atoms with E-state index in [1.807, 2.05) is 30.3 Å². The van der Waals surface area contributed by atoms with Crippen molar-refractivity contribution in [2.75, 3.05) is 13.1 Å². The fourth-order valence-corrected chi connectivity index (χ4v) is 2.92. The summed E-state index contributed by atoms with van der Waals surface area (Å²) in [6.45, 7) is 0.528. The Morgan fingerprint density at radius 2 is 1.72 bits per heavy atom. The molecule has 130 valence electrons. The number of nitrogens with one attached hydrogen (secondary N) is 2. The summed E-state index contributed by atoms with van der Waals surface area (Å²) in [6.07, 6.45) is 1.50. The number of hydrogen-bond acceptors (Lipinski definition) is 2. The molecule has 0 bridgehead atoms. The number of carbonyl (C=O) groups is 2. The molecule has 1 fully saturated rings. The number of rotatable bonds is 7. The molecular formula is C20H21FN2O2. The van der Waals surface area contributed by atoms with Gasteiger partial charge in [-0.05, 0) is 42.0 Å². The van der Waals surface area contributed by atoms with E-state index >= 15 is 0 Å². The Morgan fingerprint density at radius 1 is 1.00 bits per heavy atom. The first-order chi connectivity index (χ1) is 12.1. The van der Waals surface area contributed by atoms with Gasteiger partial charge < -0.3 is 10.6 Å². The molecule has 4 nitrogen and oxygen atoms in total. The SMILES string of the molecule is O=C(CNC(=O)[C@@H]1C[C@@H]1c1ccc(F)cc1)NCCc1ccccc1. The molecular weight excluding hydrogens is 319 g/mol. The number of carbonyl (C=O) groups excluding carboxylic acids is 2. The highest BCUT2D eigenvalue weighted by atomic mass is 19.1. The summed E-state index contributed by atoms with van der Waals surface area (Å²) >= 11 is 0. The van der Waals surface area contributed by atoms with E-state index in [0.717, 1.165) is 24.0 Å². The maximum atomic E-state index is 12.9. The van der Waals surface area contributed by atoms with Gasteiger partial charge in [0, 0.05) is 12.5 Å². The summed E-state index contributed by atoms with van der Waals surface area (Å²) in [7, 11) is 0. The number of hydrogen-bond donors (Lipinski definition) is 2. The van der Waals surface area contributed by atoms with Crippen LogP contribution in [-0.4, -0.2) is 24.9 Å². The zero-order chi connectivity index (χ0) is 17.6. The fraction of sp³-hybridized carbons (Fsp3) is 0.300. The average molecular weight is 340 g/mol. The molecule has 2 aromatic rings. The third-order valence-electron chi connectivity index (χ3n) is 4.43. The lowest BCUT2D eigenvalue weighted by Gasteiger charge is -2.07. The van der Waals surface area contributed by atoms with Crippen molar-refractivity contribution in [1.82, 2.24) is 10.6 Å². The summed E-state index contributed by atoms with van der Waals surface area (Å²) < 4.78 is 12.9. The molecule has 2 aromatic carbocycles. The van der Waals surface area contributed by atoms with Crippen LogP contribution in [0.25, 0.3) is 0 Å². The van der Waals surface area contributed by atoms with Crippen LogP contribution < -0.4 is 10.6 Å². The van der Waals surface area contributed by atoms with E-state index in [2.05, 4.69) is 10.6 Å². The molecule has 5 heteroatoms. The topological polar surface area (TPSA) is 58.2 Å². The first kappa shape index (κ1) is 17.1. The van der Waals surface area contributed by atoms with Crippen molar-refractivity contribution in [2.45, 2.75) is 18.8 Å². The maximum Gasteiger partial charge on any atom is 0.239 e. The molecule has 0 spiro atoms. The standard InChI is InChI=1S/C20H21FN2O2/c21-16-8-6-15(7-9-16)17-12-18(17)20(25)23-13-19(24)22-11-10-14-4-2-1-3-5-14/h1-9,17-18H,10-13H2,(H,22,24)(H,23,25)/t17-,18-/m1/s1. The van der Waals surface area contributed by atoms with Crippen LogP contribution in [0.1, 0.15) is 23.5 Å². The minimum Gasteiger partial charge on any atom is -0.354 e. The summed E-state index contributed by atoms with van der Waals surface area (Å²) in [5, 5.41) is 5.48. The second kappa shape index (κ2) is 7.92. The van der Waals surface area contributed by atoms with Gasteiger partial charge in [0.2, 0.25) is 11.8 Å². The van der Waals surface area contributed by atoms with Crippen LogP contribution in [0.2, 0.25) is 0 Å². The molecule has 2 amide bonds. The van der Waals surface area contributed by atoms with Crippen molar-refractivity contribution in [1.29, 1.82) is 0 Å². The maximum absolute atomic E-state index is 12.9. The molecule has 25 heavy (non-hydrogen) atoms. The third-order valence-corrected chi connectivity index (χ3v) is 4.43. The molecule has 2 N–H and O–H groups in total. The summed E-state index contributed by atoms with van der Waals surface area (Å²) in [5.74, 6) is -0.585.